The number of hydrogen-bond acceptors (Lipinski definition) is 2. The van der Waals surface area contributed by atoms with E-state index in [4.69, 9.17) is 10.5 Å². The molecule has 2 heteroatoms. The fourth-order valence-corrected chi connectivity index (χ4v) is 2.85. The largest absolute Gasteiger partial charge is 0.490 e. The molecule has 1 aliphatic rings. The lowest BCUT2D eigenvalue weighted by Gasteiger charge is -2.28. The van der Waals surface area contributed by atoms with E-state index in [-0.39, 0.29) is 0 Å². The van der Waals surface area contributed by atoms with Crippen LogP contribution in [0, 0.1) is 24.7 Å². The summed E-state index contributed by atoms with van der Waals surface area (Å²) in [6.07, 6.45) is 6.68. The molecule has 0 aliphatic heterocycles. The van der Waals surface area contributed by atoms with Crippen molar-refractivity contribution >= 4 is 0 Å². The molecule has 1 aliphatic carbocycles. The highest BCUT2D eigenvalue weighted by Gasteiger charge is 2.21. The van der Waals surface area contributed by atoms with Crippen molar-refractivity contribution < 1.29 is 4.74 Å². The van der Waals surface area contributed by atoms with Crippen molar-refractivity contribution in [2.75, 3.05) is 6.54 Å². The van der Waals surface area contributed by atoms with Gasteiger partial charge in [0.2, 0.25) is 0 Å². The molecule has 1 saturated carbocycles. The standard InChI is InChI=1S/C18H25NO/c1-3-15-6-9-17(10-7-15)20-18-11-8-16(5-4-12-19)13-14(18)2/h8,11,13,15,17H,3,6-7,9-10,12,19H2,1-2H3. The van der Waals surface area contributed by atoms with Crippen LogP contribution in [0.2, 0.25) is 0 Å². The van der Waals surface area contributed by atoms with Crippen molar-refractivity contribution in [2.45, 2.75) is 52.1 Å². The van der Waals surface area contributed by atoms with E-state index in [1.54, 1.807) is 0 Å². The second-order valence-corrected chi connectivity index (χ2v) is 5.66. The lowest BCUT2D eigenvalue weighted by Crippen LogP contribution is -2.24. The van der Waals surface area contributed by atoms with Gasteiger partial charge in [0, 0.05) is 5.56 Å². The van der Waals surface area contributed by atoms with Gasteiger partial charge in [0.05, 0.1) is 12.6 Å². The van der Waals surface area contributed by atoms with Crippen LogP contribution in [0.15, 0.2) is 18.2 Å². The van der Waals surface area contributed by atoms with Crippen molar-refractivity contribution in [3.63, 3.8) is 0 Å². The number of benzene rings is 1. The molecule has 0 unspecified atom stereocenters. The van der Waals surface area contributed by atoms with Gasteiger partial charge in [-0.25, -0.2) is 0 Å². The number of hydrogen-bond donors (Lipinski definition) is 1. The van der Waals surface area contributed by atoms with Crippen LogP contribution in [0.25, 0.3) is 0 Å². The van der Waals surface area contributed by atoms with Crippen molar-refractivity contribution in [3.8, 4) is 17.6 Å². The van der Waals surface area contributed by atoms with E-state index < -0.39 is 0 Å². The molecule has 2 N–H and O–H groups in total. The summed E-state index contributed by atoms with van der Waals surface area (Å²) in [5.41, 5.74) is 7.56. The number of rotatable bonds is 3. The first-order valence-electron chi connectivity index (χ1n) is 7.69. The van der Waals surface area contributed by atoms with E-state index in [1.807, 2.05) is 12.1 Å². The first-order valence-corrected chi connectivity index (χ1v) is 7.69. The Morgan fingerprint density at radius 3 is 2.60 bits per heavy atom. The zero-order chi connectivity index (χ0) is 14.4. The van der Waals surface area contributed by atoms with Crippen molar-refractivity contribution in [2.24, 2.45) is 11.7 Å². The van der Waals surface area contributed by atoms with Gasteiger partial charge in [-0.1, -0.05) is 25.2 Å². The lowest BCUT2D eigenvalue weighted by atomic mass is 9.86. The monoisotopic (exact) mass is 271 g/mol. The van der Waals surface area contributed by atoms with Crippen LogP contribution in [0.3, 0.4) is 0 Å². The average molecular weight is 271 g/mol. The summed E-state index contributed by atoms with van der Waals surface area (Å²) >= 11 is 0. The van der Waals surface area contributed by atoms with E-state index >= 15 is 0 Å². The SMILES string of the molecule is CCC1CCC(Oc2ccc(C#CCN)cc2C)CC1. The molecule has 0 aromatic heterocycles. The summed E-state index contributed by atoms with van der Waals surface area (Å²) in [5, 5.41) is 0. The summed E-state index contributed by atoms with van der Waals surface area (Å²) in [6, 6.07) is 6.14. The normalized spacial score (nSPS) is 21.9. The second-order valence-electron chi connectivity index (χ2n) is 5.66. The predicted molar refractivity (Wildman–Crippen MR) is 83.8 cm³/mol. The van der Waals surface area contributed by atoms with Crippen LogP contribution in [-0.2, 0) is 0 Å². The highest BCUT2D eigenvalue weighted by molar-refractivity contribution is 5.43. The lowest BCUT2D eigenvalue weighted by molar-refractivity contribution is 0.129. The molecule has 0 amide bonds. The maximum Gasteiger partial charge on any atom is 0.122 e. The van der Waals surface area contributed by atoms with Crippen LogP contribution in [0.4, 0.5) is 0 Å². The number of aryl methyl sites for hydroxylation is 1. The van der Waals surface area contributed by atoms with Gasteiger partial charge in [-0.15, -0.1) is 0 Å². The van der Waals surface area contributed by atoms with Crippen LogP contribution in [-0.4, -0.2) is 12.6 Å². The minimum Gasteiger partial charge on any atom is -0.490 e. The van der Waals surface area contributed by atoms with Gasteiger partial charge in [0.25, 0.3) is 0 Å². The summed E-state index contributed by atoms with van der Waals surface area (Å²) in [4.78, 5) is 0. The van der Waals surface area contributed by atoms with Gasteiger partial charge >= 0.3 is 0 Å². The Balaban J connectivity index is 1.96. The molecule has 1 aromatic carbocycles. The maximum absolute atomic E-state index is 6.17. The zero-order valence-electron chi connectivity index (χ0n) is 12.6. The second kappa shape index (κ2) is 7.36. The summed E-state index contributed by atoms with van der Waals surface area (Å²) in [7, 11) is 0. The highest BCUT2D eigenvalue weighted by Crippen LogP contribution is 2.30. The topological polar surface area (TPSA) is 35.2 Å². The third-order valence-corrected chi connectivity index (χ3v) is 4.17. The molecule has 0 bridgehead atoms. The van der Waals surface area contributed by atoms with E-state index in [1.165, 1.54) is 32.1 Å². The van der Waals surface area contributed by atoms with E-state index in [9.17, 15) is 0 Å². The first kappa shape index (κ1) is 14.9. The summed E-state index contributed by atoms with van der Waals surface area (Å²) in [6.45, 7) is 4.77. The quantitative estimate of drug-likeness (QED) is 0.852. The van der Waals surface area contributed by atoms with Gasteiger partial charge in [-0.3, -0.25) is 0 Å². The van der Waals surface area contributed by atoms with Gasteiger partial charge in [-0.2, -0.15) is 0 Å². The Labute approximate surface area is 122 Å². The van der Waals surface area contributed by atoms with Gasteiger partial charge in [-0.05, 0) is 62.3 Å². The minimum absolute atomic E-state index is 0.387. The molecule has 0 spiro atoms. The van der Waals surface area contributed by atoms with E-state index in [0.29, 0.717) is 12.6 Å². The Bertz CT molecular complexity index is 490. The molecule has 0 radical (unpaired) electrons. The minimum atomic E-state index is 0.387. The molecule has 1 fully saturated rings. The van der Waals surface area contributed by atoms with Gasteiger partial charge in [0.15, 0.2) is 0 Å². The molecule has 1 aromatic rings. The number of nitrogens with two attached hydrogens (primary N) is 1. The number of ether oxygens (including phenoxy) is 1. The molecule has 0 saturated heterocycles. The van der Waals surface area contributed by atoms with Crippen molar-refractivity contribution in [1.29, 1.82) is 0 Å². The molecule has 108 valence electrons. The third kappa shape index (κ3) is 4.02. The summed E-state index contributed by atoms with van der Waals surface area (Å²) in [5.74, 6) is 7.85. The van der Waals surface area contributed by atoms with Crippen LogP contribution >= 0.6 is 0 Å². The van der Waals surface area contributed by atoms with E-state index in [2.05, 4.69) is 31.8 Å². The maximum atomic E-state index is 6.17. The highest BCUT2D eigenvalue weighted by atomic mass is 16.5. The molecular weight excluding hydrogens is 246 g/mol. The molecule has 2 rings (SSSR count). The fourth-order valence-electron chi connectivity index (χ4n) is 2.85. The molecular formula is C18H25NO. The molecule has 0 heterocycles. The molecule has 0 atom stereocenters. The van der Waals surface area contributed by atoms with Crippen LogP contribution < -0.4 is 10.5 Å². The van der Waals surface area contributed by atoms with Crippen LogP contribution in [0.1, 0.15) is 50.2 Å². The Hall–Kier alpha value is -1.46. The van der Waals surface area contributed by atoms with Crippen molar-refractivity contribution in [3.05, 3.63) is 29.3 Å². The Morgan fingerprint density at radius 2 is 2.00 bits per heavy atom. The summed E-state index contributed by atoms with van der Waals surface area (Å²) < 4.78 is 6.17. The fraction of sp³-hybridized carbons (Fsp3) is 0.556. The van der Waals surface area contributed by atoms with Gasteiger partial charge < -0.3 is 10.5 Å². The molecule has 2 nitrogen and oxygen atoms in total. The van der Waals surface area contributed by atoms with Crippen LogP contribution in [0.5, 0.6) is 5.75 Å². The van der Waals surface area contributed by atoms with Gasteiger partial charge in [0.1, 0.15) is 5.75 Å². The Morgan fingerprint density at radius 1 is 1.25 bits per heavy atom. The average Bonchev–Trinajstić information content (AvgIpc) is 2.48. The zero-order valence-corrected chi connectivity index (χ0v) is 12.6. The van der Waals surface area contributed by atoms with Crippen molar-refractivity contribution in [1.82, 2.24) is 0 Å². The van der Waals surface area contributed by atoms with E-state index in [0.717, 1.165) is 22.8 Å². The molecule has 20 heavy (non-hydrogen) atoms. The predicted octanol–water partition coefficient (Wildman–Crippen LogP) is 3.65. The smallest absolute Gasteiger partial charge is 0.122 e. The Kier molecular flexibility index (Phi) is 5.49. The third-order valence-electron chi connectivity index (χ3n) is 4.17. The first-order chi connectivity index (χ1) is 9.72.